The van der Waals surface area contributed by atoms with E-state index in [2.05, 4.69) is 45.2 Å². The Morgan fingerprint density at radius 3 is 2.62 bits per heavy atom. The Bertz CT molecular complexity index is 990. The van der Waals surface area contributed by atoms with Gasteiger partial charge < -0.3 is 9.32 Å². The van der Waals surface area contributed by atoms with Crippen molar-refractivity contribution in [2.75, 3.05) is 13.1 Å². The number of rotatable bonds is 5. The van der Waals surface area contributed by atoms with Crippen LogP contribution in [-0.2, 0) is 43.7 Å². The van der Waals surface area contributed by atoms with E-state index >= 15 is 0 Å². The summed E-state index contributed by atoms with van der Waals surface area (Å²) in [5.74, 6) is 1.86. The summed E-state index contributed by atoms with van der Waals surface area (Å²) in [6.07, 6.45) is 5.99. The first-order chi connectivity index (χ1) is 14.2. The third-order valence-corrected chi connectivity index (χ3v) is 5.74. The Labute approximate surface area is 170 Å². The van der Waals surface area contributed by atoms with Gasteiger partial charge in [-0.25, -0.2) is 4.98 Å². The SMILES string of the molecule is O=C(CN1Cc2ccccc2C1)N1CCc2oc(CCc3cccnc3)nc2C1. The number of pyridine rings is 1. The maximum Gasteiger partial charge on any atom is 0.237 e. The van der Waals surface area contributed by atoms with Gasteiger partial charge in [0.2, 0.25) is 5.91 Å². The Morgan fingerprint density at radius 1 is 1.03 bits per heavy atom. The summed E-state index contributed by atoms with van der Waals surface area (Å²) in [5.41, 5.74) is 4.74. The number of fused-ring (bicyclic) bond motifs is 2. The molecule has 6 heteroatoms. The average molecular weight is 388 g/mol. The zero-order valence-electron chi connectivity index (χ0n) is 16.4. The minimum Gasteiger partial charge on any atom is -0.445 e. The van der Waals surface area contributed by atoms with E-state index in [-0.39, 0.29) is 5.91 Å². The molecule has 2 aromatic heterocycles. The highest BCUT2D eigenvalue weighted by molar-refractivity contribution is 5.78. The highest BCUT2D eigenvalue weighted by Crippen LogP contribution is 2.24. The zero-order valence-corrected chi connectivity index (χ0v) is 16.4. The lowest BCUT2D eigenvalue weighted by Gasteiger charge is -2.27. The number of amides is 1. The van der Waals surface area contributed by atoms with Crippen molar-refractivity contribution in [3.05, 3.63) is 82.8 Å². The van der Waals surface area contributed by atoms with Crippen molar-refractivity contribution in [2.24, 2.45) is 0 Å². The molecule has 0 bridgehead atoms. The maximum atomic E-state index is 12.9. The van der Waals surface area contributed by atoms with Gasteiger partial charge in [-0.2, -0.15) is 0 Å². The molecule has 1 amide bonds. The molecule has 0 N–H and O–H groups in total. The van der Waals surface area contributed by atoms with Crippen molar-refractivity contribution in [3.63, 3.8) is 0 Å². The fraction of sp³-hybridized carbons (Fsp3) is 0.348. The molecular weight excluding hydrogens is 364 g/mol. The van der Waals surface area contributed by atoms with E-state index in [0.717, 1.165) is 49.7 Å². The number of aryl methyl sites for hydroxylation is 2. The predicted octanol–water partition coefficient (Wildman–Crippen LogP) is 2.76. The number of hydrogen-bond donors (Lipinski definition) is 0. The Morgan fingerprint density at radius 2 is 1.86 bits per heavy atom. The lowest BCUT2D eigenvalue weighted by molar-refractivity contribution is -0.133. The summed E-state index contributed by atoms with van der Waals surface area (Å²) in [4.78, 5) is 25.8. The number of nitrogens with zero attached hydrogens (tertiary/aromatic N) is 4. The molecule has 0 radical (unpaired) electrons. The number of benzene rings is 1. The van der Waals surface area contributed by atoms with Crippen LogP contribution in [0.15, 0.2) is 53.2 Å². The van der Waals surface area contributed by atoms with Crippen LogP contribution in [0.4, 0.5) is 0 Å². The minimum absolute atomic E-state index is 0.170. The van der Waals surface area contributed by atoms with Crippen LogP contribution in [0.5, 0.6) is 0 Å². The highest BCUT2D eigenvalue weighted by atomic mass is 16.4. The Hall–Kier alpha value is -2.99. The maximum absolute atomic E-state index is 12.9. The van der Waals surface area contributed by atoms with Gasteiger partial charge in [-0.3, -0.25) is 14.7 Å². The molecule has 0 saturated carbocycles. The molecule has 0 fully saturated rings. The number of carbonyl (C=O) groups excluding carboxylic acids is 1. The van der Waals surface area contributed by atoms with Crippen molar-refractivity contribution in [1.29, 1.82) is 0 Å². The Kier molecular flexibility index (Phi) is 4.86. The topological polar surface area (TPSA) is 62.5 Å². The van der Waals surface area contributed by atoms with Crippen molar-refractivity contribution < 1.29 is 9.21 Å². The molecule has 4 heterocycles. The van der Waals surface area contributed by atoms with Crippen LogP contribution in [-0.4, -0.2) is 38.8 Å². The summed E-state index contributed by atoms with van der Waals surface area (Å²) in [7, 11) is 0. The molecule has 2 aliphatic heterocycles. The smallest absolute Gasteiger partial charge is 0.237 e. The quantitative estimate of drug-likeness (QED) is 0.673. The van der Waals surface area contributed by atoms with E-state index in [9.17, 15) is 4.79 Å². The third-order valence-electron chi connectivity index (χ3n) is 5.74. The number of aromatic nitrogens is 2. The first-order valence-corrected chi connectivity index (χ1v) is 10.2. The van der Waals surface area contributed by atoms with Gasteiger partial charge in [0.15, 0.2) is 5.89 Å². The van der Waals surface area contributed by atoms with Crippen LogP contribution in [0.2, 0.25) is 0 Å². The summed E-state index contributed by atoms with van der Waals surface area (Å²) >= 11 is 0. The molecule has 0 aliphatic carbocycles. The van der Waals surface area contributed by atoms with Crippen LogP contribution in [0.1, 0.15) is 34.0 Å². The van der Waals surface area contributed by atoms with Crippen molar-refractivity contribution in [1.82, 2.24) is 19.8 Å². The van der Waals surface area contributed by atoms with Gasteiger partial charge in [0.25, 0.3) is 0 Å². The normalized spacial score (nSPS) is 15.9. The van der Waals surface area contributed by atoms with Gasteiger partial charge in [-0.1, -0.05) is 30.3 Å². The summed E-state index contributed by atoms with van der Waals surface area (Å²) in [6, 6.07) is 12.4. The second kappa shape index (κ2) is 7.79. The Balaban J connectivity index is 1.18. The van der Waals surface area contributed by atoms with Crippen molar-refractivity contribution in [3.8, 4) is 0 Å². The molecule has 1 aromatic carbocycles. The van der Waals surface area contributed by atoms with Crippen molar-refractivity contribution in [2.45, 2.75) is 38.9 Å². The molecular formula is C23H24N4O2. The molecule has 2 aliphatic rings. The molecule has 0 saturated heterocycles. The lowest BCUT2D eigenvalue weighted by atomic mass is 10.1. The van der Waals surface area contributed by atoms with Crippen LogP contribution < -0.4 is 0 Å². The fourth-order valence-corrected chi connectivity index (χ4v) is 4.18. The lowest BCUT2D eigenvalue weighted by Crippen LogP contribution is -2.41. The number of hydrogen-bond acceptors (Lipinski definition) is 5. The molecule has 0 atom stereocenters. The van der Waals surface area contributed by atoms with E-state index in [4.69, 9.17) is 4.42 Å². The van der Waals surface area contributed by atoms with Gasteiger partial charge in [-0.05, 0) is 29.2 Å². The van der Waals surface area contributed by atoms with Gasteiger partial charge in [0.1, 0.15) is 11.5 Å². The summed E-state index contributed by atoms with van der Waals surface area (Å²) < 4.78 is 5.95. The second-order valence-electron chi connectivity index (χ2n) is 7.82. The van der Waals surface area contributed by atoms with E-state index in [1.165, 1.54) is 16.7 Å². The van der Waals surface area contributed by atoms with Gasteiger partial charge in [0.05, 0.1) is 13.1 Å². The summed E-state index contributed by atoms with van der Waals surface area (Å²) in [5, 5.41) is 0. The zero-order chi connectivity index (χ0) is 19.6. The number of oxazole rings is 1. The standard InChI is InChI=1S/C23H24N4O2/c28-23(16-26-13-18-5-1-2-6-19(18)14-26)27-11-9-21-20(15-27)25-22(29-21)8-7-17-4-3-10-24-12-17/h1-6,10,12H,7-9,11,13-16H2. The highest BCUT2D eigenvalue weighted by Gasteiger charge is 2.28. The largest absolute Gasteiger partial charge is 0.445 e. The second-order valence-corrected chi connectivity index (χ2v) is 7.82. The third kappa shape index (κ3) is 3.93. The minimum atomic E-state index is 0.170. The fourth-order valence-electron chi connectivity index (χ4n) is 4.18. The van der Waals surface area contributed by atoms with E-state index in [1.807, 2.05) is 17.2 Å². The summed E-state index contributed by atoms with van der Waals surface area (Å²) in [6.45, 7) is 3.40. The van der Waals surface area contributed by atoms with E-state index in [0.29, 0.717) is 19.6 Å². The van der Waals surface area contributed by atoms with Crippen LogP contribution in [0.25, 0.3) is 0 Å². The molecule has 29 heavy (non-hydrogen) atoms. The molecule has 0 unspecified atom stereocenters. The predicted molar refractivity (Wildman–Crippen MR) is 108 cm³/mol. The molecule has 148 valence electrons. The monoisotopic (exact) mass is 388 g/mol. The van der Waals surface area contributed by atoms with Gasteiger partial charge in [0, 0.05) is 44.9 Å². The van der Waals surface area contributed by atoms with Crippen LogP contribution in [0, 0.1) is 0 Å². The first-order valence-electron chi connectivity index (χ1n) is 10.2. The van der Waals surface area contributed by atoms with E-state index in [1.54, 1.807) is 6.20 Å². The molecule has 0 spiro atoms. The van der Waals surface area contributed by atoms with E-state index < -0.39 is 0 Å². The van der Waals surface area contributed by atoms with Gasteiger partial charge >= 0.3 is 0 Å². The van der Waals surface area contributed by atoms with Gasteiger partial charge in [-0.15, -0.1) is 0 Å². The van der Waals surface area contributed by atoms with Crippen molar-refractivity contribution >= 4 is 5.91 Å². The molecule has 3 aromatic rings. The van der Waals surface area contributed by atoms with Crippen LogP contribution in [0.3, 0.4) is 0 Å². The average Bonchev–Trinajstić information content (AvgIpc) is 3.35. The molecule has 6 nitrogen and oxygen atoms in total. The molecule has 5 rings (SSSR count). The number of carbonyl (C=O) groups is 1. The van der Waals surface area contributed by atoms with Crippen LogP contribution >= 0.6 is 0 Å². The first kappa shape index (κ1) is 18.1.